The number of amidine groups is 1. The lowest BCUT2D eigenvalue weighted by atomic mass is 10.1. The van der Waals surface area contributed by atoms with Crippen LogP contribution < -0.4 is 15.4 Å². The van der Waals surface area contributed by atoms with Crippen molar-refractivity contribution in [3.05, 3.63) is 41.1 Å². The molecule has 0 aliphatic heterocycles. The van der Waals surface area contributed by atoms with Crippen molar-refractivity contribution in [2.75, 3.05) is 19.1 Å². The first-order valence-corrected chi connectivity index (χ1v) is 6.52. The molecule has 1 heterocycles. The minimum absolute atomic E-state index is 0.0257. The van der Waals surface area contributed by atoms with Crippen LogP contribution in [0, 0.1) is 19.3 Å². The van der Waals surface area contributed by atoms with Crippen molar-refractivity contribution < 1.29 is 4.74 Å². The highest BCUT2D eigenvalue weighted by Gasteiger charge is 2.19. The number of rotatable bonds is 4. The molecule has 0 aliphatic rings. The standard InChI is InChI=1S/C15H19N5O/c1-9-10(2)18-19-15(13(9)14(16)17)20(3)11-7-5-6-8-12(11)21-4/h5-8H,1-4H3,(H3,16,17). The van der Waals surface area contributed by atoms with E-state index in [2.05, 4.69) is 10.2 Å². The molecule has 21 heavy (non-hydrogen) atoms. The van der Waals surface area contributed by atoms with Gasteiger partial charge in [0.05, 0.1) is 24.1 Å². The first-order valence-electron chi connectivity index (χ1n) is 6.52. The average Bonchev–Trinajstić information content (AvgIpc) is 2.48. The van der Waals surface area contributed by atoms with Crippen LogP contribution in [0.1, 0.15) is 16.8 Å². The molecule has 3 N–H and O–H groups in total. The van der Waals surface area contributed by atoms with Gasteiger partial charge in [-0.2, -0.15) is 5.10 Å². The summed E-state index contributed by atoms with van der Waals surface area (Å²) in [6.45, 7) is 3.74. The van der Waals surface area contributed by atoms with Gasteiger partial charge in [0.15, 0.2) is 5.82 Å². The van der Waals surface area contributed by atoms with Gasteiger partial charge in [-0.1, -0.05) is 12.1 Å². The van der Waals surface area contributed by atoms with E-state index in [1.54, 1.807) is 7.11 Å². The third kappa shape index (κ3) is 2.65. The molecule has 0 aliphatic carbocycles. The number of hydrogen-bond acceptors (Lipinski definition) is 5. The summed E-state index contributed by atoms with van der Waals surface area (Å²) in [7, 11) is 3.47. The van der Waals surface area contributed by atoms with Gasteiger partial charge in [-0.25, -0.2) is 0 Å². The summed E-state index contributed by atoms with van der Waals surface area (Å²) in [5, 5.41) is 16.2. The van der Waals surface area contributed by atoms with E-state index >= 15 is 0 Å². The van der Waals surface area contributed by atoms with Crippen LogP contribution in [0.4, 0.5) is 11.5 Å². The number of methoxy groups -OCH3 is 1. The summed E-state index contributed by atoms with van der Waals surface area (Å²) in [6.07, 6.45) is 0. The van der Waals surface area contributed by atoms with Gasteiger partial charge in [-0.05, 0) is 31.5 Å². The van der Waals surface area contributed by atoms with E-state index in [-0.39, 0.29) is 5.84 Å². The van der Waals surface area contributed by atoms with Crippen molar-refractivity contribution in [2.45, 2.75) is 13.8 Å². The molecule has 0 fully saturated rings. The Morgan fingerprint density at radius 3 is 2.52 bits per heavy atom. The van der Waals surface area contributed by atoms with Crippen molar-refractivity contribution in [1.82, 2.24) is 10.2 Å². The van der Waals surface area contributed by atoms with E-state index in [4.69, 9.17) is 15.9 Å². The molecule has 2 rings (SSSR count). The van der Waals surface area contributed by atoms with Gasteiger partial charge in [0, 0.05) is 7.05 Å². The molecular weight excluding hydrogens is 266 g/mol. The van der Waals surface area contributed by atoms with Crippen molar-refractivity contribution in [1.29, 1.82) is 5.41 Å². The molecule has 1 aromatic heterocycles. The molecule has 2 aromatic rings. The highest BCUT2D eigenvalue weighted by atomic mass is 16.5. The Balaban J connectivity index is 2.61. The third-order valence-electron chi connectivity index (χ3n) is 3.47. The summed E-state index contributed by atoms with van der Waals surface area (Å²) in [5.41, 5.74) is 8.77. The van der Waals surface area contributed by atoms with Crippen LogP contribution in [0.5, 0.6) is 5.75 Å². The zero-order valence-corrected chi connectivity index (χ0v) is 12.6. The number of para-hydroxylation sites is 2. The normalized spacial score (nSPS) is 10.3. The van der Waals surface area contributed by atoms with Crippen molar-refractivity contribution in [3.8, 4) is 5.75 Å². The highest BCUT2D eigenvalue weighted by molar-refractivity contribution is 6.01. The molecule has 0 saturated heterocycles. The van der Waals surface area contributed by atoms with Crippen LogP contribution in [0.2, 0.25) is 0 Å². The summed E-state index contributed by atoms with van der Waals surface area (Å²) < 4.78 is 5.37. The predicted octanol–water partition coefficient (Wildman–Crippen LogP) is 2.15. The van der Waals surface area contributed by atoms with Crippen LogP contribution >= 0.6 is 0 Å². The minimum Gasteiger partial charge on any atom is -0.495 e. The number of nitrogens with one attached hydrogen (secondary N) is 1. The molecule has 0 radical (unpaired) electrons. The number of nitrogens with two attached hydrogens (primary N) is 1. The van der Waals surface area contributed by atoms with Crippen LogP contribution in [-0.2, 0) is 0 Å². The quantitative estimate of drug-likeness (QED) is 0.664. The number of hydrogen-bond donors (Lipinski definition) is 2. The fraction of sp³-hybridized carbons (Fsp3) is 0.267. The molecule has 0 atom stereocenters. The summed E-state index contributed by atoms with van der Waals surface area (Å²) in [5.74, 6) is 1.23. The molecule has 0 spiro atoms. The number of benzene rings is 1. The Hall–Kier alpha value is -2.63. The first-order chi connectivity index (χ1) is 9.97. The highest BCUT2D eigenvalue weighted by Crippen LogP contribution is 2.33. The van der Waals surface area contributed by atoms with Gasteiger partial charge < -0.3 is 15.4 Å². The number of aromatic nitrogens is 2. The summed E-state index contributed by atoms with van der Waals surface area (Å²) in [6, 6.07) is 7.60. The zero-order valence-electron chi connectivity index (χ0n) is 12.6. The van der Waals surface area contributed by atoms with Crippen LogP contribution in [0.3, 0.4) is 0 Å². The van der Waals surface area contributed by atoms with Gasteiger partial charge in [0.1, 0.15) is 11.6 Å². The zero-order chi connectivity index (χ0) is 15.6. The van der Waals surface area contributed by atoms with Crippen molar-refractivity contribution in [3.63, 3.8) is 0 Å². The number of aryl methyl sites for hydroxylation is 1. The fourth-order valence-electron chi connectivity index (χ4n) is 2.17. The van der Waals surface area contributed by atoms with Crippen molar-refractivity contribution >= 4 is 17.3 Å². The molecule has 0 amide bonds. The predicted molar refractivity (Wildman–Crippen MR) is 83.6 cm³/mol. The van der Waals surface area contributed by atoms with Gasteiger partial charge in [-0.3, -0.25) is 5.41 Å². The summed E-state index contributed by atoms with van der Waals surface area (Å²) >= 11 is 0. The molecule has 0 saturated carbocycles. The maximum Gasteiger partial charge on any atom is 0.166 e. The lowest BCUT2D eigenvalue weighted by molar-refractivity contribution is 0.415. The first kappa shape index (κ1) is 14.8. The fourth-order valence-corrected chi connectivity index (χ4v) is 2.17. The Morgan fingerprint density at radius 1 is 1.24 bits per heavy atom. The van der Waals surface area contributed by atoms with Gasteiger partial charge in [0.2, 0.25) is 0 Å². The minimum atomic E-state index is -0.0257. The average molecular weight is 285 g/mol. The Morgan fingerprint density at radius 2 is 1.90 bits per heavy atom. The Labute approximate surface area is 124 Å². The SMILES string of the molecule is COc1ccccc1N(C)c1nnc(C)c(C)c1C(=N)N. The maximum absolute atomic E-state index is 7.82. The second kappa shape index (κ2) is 5.78. The molecule has 6 heteroatoms. The van der Waals surface area contributed by atoms with Gasteiger partial charge >= 0.3 is 0 Å². The topological polar surface area (TPSA) is 88.1 Å². The molecule has 110 valence electrons. The second-order valence-corrected chi connectivity index (χ2v) is 4.75. The summed E-state index contributed by atoms with van der Waals surface area (Å²) in [4.78, 5) is 1.83. The lowest BCUT2D eigenvalue weighted by Crippen LogP contribution is -2.23. The number of nitrogens with zero attached hydrogens (tertiary/aromatic N) is 3. The van der Waals surface area contributed by atoms with E-state index in [0.29, 0.717) is 11.4 Å². The molecule has 0 bridgehead atoms. The van der Waals surface area contributed by atoms with Crippen LogP contribution in [0.15, 0.2) is 24.3 Å². The van der Waals surface area contributed by atoms with E-state index < -0.39 is 0 Å². The Bertz CT molecular complexity index is 684. The van der Waals surface area contributed by atoms with Crippen LogP contribution in [-0.4, -0.2) is 30.2 Å². The number of anilines is 2. The lowest BCUT2D eigenvalue weighted by Gasteiger charge is -2.23. The molecule has 1 aromatic carbocycles. The second-order valence-electron chi connectivity index (χ2n) is 4.75. The molecular formula is C15H19N5O. The Kier molecular flexibility index (Phi) is 4.07. The molecule has 6 nitrogen and oxygen atoms in total. The smallest absolute Gasteiger partial charge is 0.166 e. The van der Waals surface area contributed by atoms with Crippen LogP contribution in [0.25, 0.3) is 0 Å². The number of nitrogen functional groups attached to an aromatic ring is 1. The molecule has 0 unspecified atom stereocenters. The third-order valence-corrected chi connectivity index (χ3v) is 3.47. The van der Waals surface area contributed by atoms with E-state index in [0.717, 1.165) is 22.7 Å². The van der Waals surface area contributed by atoms with E-state index in [9.17, 15) is 0 Å². The van der Waals surface area contributed by atoms with Gasteiger partial charge in [0.25, 0.3) is 0 Å². The number of ether oxygens (including phenoxy) is 1. The largest absolute Gasteiger partial charge is 0.495 e. The maximum atomic E-state index is 7.82. The van der Waals surface area contributed by atoms with E-state index in [1.807, 2.05) is 50.1 Å². The van der Waals surface area contributed by atoms with Gasteiger partial charge in [-0.15, -0.1) is 5.10 Å². The van der Waals surface area contributed by atoms with Crippen molar-refractivity contribution in [2.24, 2.45) is 5.73 Å². The monoisotopic (exact) mass is 285 g/mol. The van der Waals surface area contributed by atoms with E-state index in [1.165, 1.54) is 0 Å².